The molecule has 29 heavy (non-hydrogen) atoms. The number of nitrogens with one attached hydrogen (secondary N) is 2. The van der Waals surface area contributed by atoms with E-state index in [-0.39, 0.29) is 5.97 Å². The zero-order chi connectivity index (χ0) is 21.0. The summed E-state index contributed by atoms with van der Waals surface area (Å²) in [5.41, 5.74) is 3.05. The number of ether oxygens (including phenoxy) is 3. The predicted molar refractivity (Wildman–Crippen MR) is 108 cm³/mol. The maximum Gasteiger partial charge on any atom is 0.341 e. The Hall–Kier alpha value is -2.51. The molecule has 0 atom stereocenters. The van der Waals surface area contributed by atoms with Crippen LogP contribution < -0.4 is 19.3 Å². The third kappa shape index (κ3) is 4.92. The highest BCUT2D eigenvalue weighted by Gasteiger charge is 2.26. The van der Waals surface area contributed by atoms with Gasteiger partial charge in [-0.15, -0.1) is 0 Å². The molecule has 0 unspecified atom stereocenters. The van der Waals surface area contributed by atoms with E-state index in [0.717, 1.165) is 56.5 Å². The summed E-state index contributed by atoms with van der Waals surface area (Å²) in [5, 5.41) is 0. The van der Waals surface area contributed by atoms with Gasteiger partial charge in [-0.05, 0) is 31.5 Å². The number of piperazine rings is 1. The Bertz CT molecular complexity index is 853. The third-order valence-corrected chi connectivity index (χ3v) is 5.75. The Morgan fingerprint density at radius 1 is 0.931 bits per heavy atom. The van der Waals surface area contributed by atoms with Crippen LogP contribution in [-0.2, 0) is 17.8 Å². The number of aryl methyl sites for hydroxylation is 2. The van der Waals surface area contributed by atoms with Gasteiger partial charge in [-0.1, -0.05) is 0 Å². The molecule has 1 aromatic heterocycles. The molecule has 1 saturated heterocycles. The standard InChI is InChI=1S/C22H30N2O5/c1-15-10-20(26-3)21(27-4)11-17(15)13-23-6-8-24(9-7-23)14-18-12-19(16(2)29-18)22(25)28-5/h10-12H,6-9,13-14H2,1-5H3/p+2. The molecule has 2 N–H and O–H groups in total. The van der Waals surface area contributed by atoms with Gasteiger partial charge in [0.25, 0.3) is 0 Å². The Labute approximate surface area is 172 Å². The summed E-state index contributed by atoms with van der Waals surface area (Å²) in [6.45, 7) is 10.0. The molecule has 2 aromatic rings. The summed E-state index contributed by atoms with van der Waals surface area (Å²) in [5.74, 6) is 2.69. The van der Waals surface area contributed by atoms with E-state index in [1.165, 1.54) is 23.1 Å². The van der Waals surface area contributed by atoms with Gasteiger partial charge in [0.15, 0.2) is 17.3 Å². The van der Waals surface area contributed by atoms with E-state index in [9.17, 15) is 4.79 Å². The summed E-state index contributed by atoms with van der Waals surface area (Å²) < 4.78 is 21.4. The normalized spacial score (nSPS) is 19.1. The first-order chi connectivity index (χ1) is 13.9. The first-order valence-corrected chi connectivity index (χ1v) is 10.0. The fraction of sp³-hybridized carbons (Fsp3) is 0.500. The second-order valence-corrected chi connectivity index (χ2v) is 7.66. The maximum absolute atomic E-state index is 11.8. The van der Waals surface area contributed by atoms with E-state index < -0.39 is 0 Å². The number of methoxy groups -OCH3 is 3. The van der Waals surface area contributed by atoms with Gasteiger partial charge in [-0.25, -0.2) is 4.79 Å². The van der Waals surface area contributed by atoms with E-state index >= 15 is 0 Å². The Balaban J connectivity index is 1.57. The van der Waals surface area contributed by atoms with Crippen LogP contribution in [0.3, 0.4) is 0 Å². The Morgan fingerprint density at radius 3 is 2.10 bits per heavy atom. The Morgan fingerprint density at radius 2 is 1.52 bits per heavy atom. The SMILES string of the molecule is COC(=O)c1cc(C[NH+]2CC[NH+](Cc3cc(OC)c(OC)cc3C)CC2)oc1C. The van der Waals surface area contributed by atoms with E-state index in [1.54, 1.807) is 26.0 Å². The molecule has 0 spiro atoms. The lowest BCUT2D eigenvalue weighted by Gasteiger charge is -2.29. The molecule has 0 bridgehead atoms. The second kappa shape index (κ2) is 9.33. The van der Waals surface area contributed by atoms with Crippen LogP contribution in [0, 0.1) is 13.8 Å². The van der Waals surface area contributed by atoms with Gasteiger partial charge in [-0.2, -0.15) is 0 Å². The van der Waals surface area contributed by atoms with Crippen LogP contribution in [0.2, 0.25) is 0 Å². The zero-order valence-electron chi connectivity index (χ0n) is 18.0. The lowest BCUT2D eigenvalue weighted by molar-refractivity contribution is -1.02. The van der Waals surface area contributed by atoms with Crippen molar-refractivity contribution < 1.29 is 33.2 Å². The number of carbonyl (C=O) groups is 1. The topological polar surface area (TPSA) is 66.8 Å². The average molecular weight is 405 g/mol. The fourth-order valence-corrected chi connectivity index (χ4v) is 3.98. The van der Waals surface area contributed by atoms with Crippen LogP contribution >= 0.6 is 0 Å². The van der Waals surface area contributed by atoms with Crippen molar-refractivity contribution in [3.05, 3.63) is 46.4 Å². The van der Waals surface area contributed by atoms with Crippen molar-refractivity contribution in [3.8, 4) is 11.5 Å². The van der Waals surface area contributed by atoms with Gasteiger partial charge in [0.2, 0.25) is 0 Å². The quantitative estimate of drug-likeness (QED) is 0.645. The molecule has 0 aliphatic carbocycles. The van der Waals surface area contributed by atoms with Crippen molar-refractivity contribution in [3.63, 3.8) is 0 Å². The van der Waals surface area contributed by atoms with Crippen LogP contribution in [0.25, 0.3) is 0 Å². The van der Waals surface area contributed by atoms with Gasteiger partial charge < -0.3 is 28.4 Å². The minimum Gasteiger partial charge on any atom is -0.493 e. The summed E-state index contributed by atoms with van der Waals surface area (Å²) >= 11 is 0. The number of rotatable bonds is 7. The number of carbonyl (C=O) groups excluding carboxylic acids is 1. The molecule has 2 heterocycles. The molecule has 1 aliphatic rings. The highest BCUT2D eigenvalue weighted by atomic mass is 16.5. The molecule has 158 valence electrons. The van der Waals surface area contributed by atoms with E-state index in [2.05, 4.69) is 13.0 Å². The van der Waals surface area contributed by atoms with Crippen LogP contribution in [-0.4, -0.2) is 53.5 Å². The van der Waals surface area contributed by atoms with Gasteiger partial charge in [-0.3, -0.25) is 0 Å². The number of quaternary nitrogens is 2. The van der Waals surface area contributed by atoms with E-state index in [4.69, 9.17) is 18.6 Å². The van der Waals surface area contributed by atoms with Gasteiger partial charge in [0, 0.05) is 11.6 Å². The van der Waals surface area contributed by atoms with Crippen LogP contribution in [0.5, 0.6) is 11.5 Å². The molecule has 7 heteroatoms. The monoisotopic (exact) mass is 404 g/mol. The molecule has 3 rings (SSSR count). The summed E-state index contributed by atoms with van der Waals surface area (Å²) in [4.78, 5) is 14.8. The molecular formula is C22H32N2O5+2. The molecule has 1 aliphatic heterocycles. The molecule has 7 nitrogen and oxygen atoms in total. The molecule has 1 aromatic carbocycles. The van der Waals surface area contributed by atoms with Crippen molar-refractivity contribution in [1.29, 1.82) is 0 Å². The zero-order valence-corrected chi connectivity index (χ0v) is 18.0. The number of hydrogen-bond acceptors (Lipinski definition) is 5. The number of esters is 1. The van der Waals surface area contributed by atoms with Crippen molar-refractivity contribution in [2.45, 2.75) is 26.9 Å². The first kappa shape index (κ1) is 21.2. The smallest absolute Gasteiger partial charge is 0.341 e. The predicted octanol–water partition coefficient (Wildman–Crippen LogP) is 0.184. The van der Waals surface area contributed by atoms with Crippen molar-refractivity contribution >= 4 is 5.97 Å². The first-order valence-electron chi connectivity index (χ1n) is 10.0. The van der Waals surface area contributed by atoms with Gasteiger partial charge in [0.05, 0.1) is 21.3 Å². The molecule has 0 amide bonds. The molecular weight excluding hydrogens is 372 g/mol. The maximum atomic E-state index is 11.8. The Kier molecular flexibility index (Phi) is 6.82. The highest BCUT2D eigenvalue weighted by Crippen LogP contribution is 2.29. The second-order valence-electron chi connectivity index (χ2n) is 7.66. The van der Waals surface area contributed by atoms with Crippen molar-refractivity contribution in [2.75, 3.05) is 47.5 Å². The largest absolute Gasteiger partial charge is 0.493 e. The molecule has 1 fully saturated rings. The highest BCUT2D eigenvalue weighted by molar-refractivity contribution is 5.90. The lowest BCUT2D eigenvalue weighted by Crippen LogP contribution is -3.27. The van der Waals surface area contributed by atoms with Gasteiger partial charge in [0.1, 0.15) is 50.6 Å². The molecule has 0 radical (unpaired) electrons. The molecule has 0 saturated carbocycles. The van der Waals surface area contributed by atoms with Crippen LogP contribution in [0.4, 0.5) is 0 Å². The number of hydrogen-bond donors (Lipinski definition) is 2. The fourth-order valence-electron chi connectivity index (χ4n) is 3.98. The van der Waals surface area contributed by atoms with Crippen molar-refractivity contribution in [1.82, 2.24) is 0 Å². The van der Waals surface area contributed by atoms with Crippen molar-refractivity contribution in [2.24, 2.45) is 0 Å². The minimum absolute atomic E-state index is 0.341. The number of benzene rings is 1. The van der Waals surface area contributed by atoms with Gasteiger partial charge >= 0.3 is 5.97 Å². The number of furan rings is 1. The minimum atomic E-state index is -0.341. The van der Waals surface area contributed by atoms with E-state index in [0.29, 0.717) is 11.3 Å². The summed E-state index contributed by atoms with van der Waals surface area (Å²) in [6.07, 6.45) is 0. The van der Waals surface area contributed by atoms with Crippen LogP contribution in [0.1, 0.15) is 33.0 Å². The summed E-state index contributed by atoms with van der Waals surface area (Å²) in [7, 11) is 4.73. The summed E-state index contributed by atoms with van der Waals surface area (Å²) in [6, 6.07) is 5.97. The average Bonchev–Trinajstić information content (AvgIpc) is 3.09. The van der Waals surface area contributed by atoms with Crippen LogP contribution in [0.15, 0.2) is 22.6 Å². The van der Waals surface area contributed by atoms with E-state index in [1.807, 2.05) is 12.1 Å². The third-order valence-electron chi connectivity index (χ3n) is 5.75. The lowest BCUT2D eigenvalue weighted by atomic mass is 10.1.